The molecule has 94 valence electrons. The summed E-state index contributed by atoms with van der Waals surface area (Å²) in [5, 5.41) is 13.7. The molecule has 2 rings (SSSR count). The molecule has 1 aromatic carbocycles. The Kier molecular flexibility index (Phi) is 3.55. The third kappa shape index (κ3) is 2.24. The monoisotopic (exact) mass is 233 g/mol. The first-order chi connectivity index (χ1) is 8.06. The summed E-state index contributed by atoms with van der Waals surface area (Å²) in [5.41, 5.74) is 3.87. The standard InChI is InChI=1S/C15H23NO/c1-11-4-5-12(2)14(10-11)15(13(3)17)6-8-16-9-7-15/h4-5,10,13,16-17H,6-9H2,1-3H3. The number of rotatable bonds is 2. The van der Waals surface area contributed by atoms with E-state index in [0.29, 0.717) is 0 Å². The third-order valence-corrected chi connectivity index (χ3v) is 4.22. The molecule has 0 radical (unpaired) electrons. The normalized spacial score (nSPS) is 21.2. The number of hydrogen-bond acceptors (Lipinski definition) is 2. The largest absolute Gasteiger partial charge is 0.392 e. The molecule has 0 spiro atoms. The first kappa shape index (κ1) is 12.6. The van der Waals surface area contributed by atoms with Crippen molar-refractivity contribution in [3.05, 3.63) is 34.9 Å². The van der Waals surface area contributed by atoms with Gasteiger partial charge in [-0.3, -0.25) is 0 Å². The van der Waals surface area contributed by atoms with Crippen molar-refractivity contribution in [3.8, 4) is 0 Å². The van der Waals surface area contributed by atoms with Gasteiger partial charge in [-0.05, 0) is 57.8 Å². The fraction of sp³-hybridized carbons (Fsp3) is 0.600. The van der Waals surface area contributed by atoms with Crippen molar-refractivity contribution in [1.29, 1.82) is 0 Å². The summed E-state index contributed by atoms with van der Waals surface area (Å²) < 4.78 is 0. The van der Waals surface area contributed by atoms with Gasteiger partial charge in [0.2, 0.25) is 0 Å². The molecule has 1 atom stereocenters. The maximum Gasteiger partial charge on any atom is 0.0609 e. The minimum absolute atomic E-state index is 0.0542. The van der Waals surface area contributed by atoms with Crippen LogP contribution in [0.3, 0.4) is 0 Å². The van der Waals surface area contributed by atoms with E-state index in [1.807, 2.05) is 6.92 Å². The number of piperidine rings is 1. The number of aliphatic hydroxyl groups is 1. The fourth-order valence-corrected chi connectivity index (χ4v) is 3.06. The first-order valence-electron chi connectivity index (χ1n) is 6.53. The van der Waals surface area contributed by atoms with Gasteiger partial charge in [0.15, 0.2) is 0 Å². The molecule has 1 fully saturated rings. The molecule has 1 aromatic rings. The van der Waals surface area contributed by atoms with Crippen LogP contribution in [-0.2, 0) is 5.41 Å². The first-order valence-corrected chi connectivity index (χ1v) is 6.53. The van der Waals surface area contributed by atoms with E-state index in [9.17, 15) is 5.11 Å². The summed E-state index contributed by atoms with van der Waals surface area (Å²) in [6, 6.07) is 6.58. The summed E-state index contributed by atoms with van der Waals surface area (Å²) in [5.74, 6) is 0. The second kappa shape index (κ2) is 4.79. The zero-order valence-electron chi connectivity index (χ0n) is 11.1. The van der Waals surface area contributed by atoms with Crippen LogP contribution in [0, 0.1) is 13.8 Å². The van der Waals surface area contributed by atoms with Gasteiger partial charge in [0.25, 0.3) is 0 Å². The highest BCUT2D eigenvalue weighted by Gasteiger charge is 2.39. The van der Waals surface area contributed by atoms with Crippen LogP contribution >= 0.6 is 0 Å². The summed E-state index contributed by atoms with van der Waals surface area (Å²) in [7, 11) is 0. The van der Waals surface area contributed by atoms with Crippen molar-refractivity contribution in [3.63, 3.8) is 0 Å². The van der Waals surface area contributed by atoms with Gasteiger partial charge in [-0.15, -0.1) is 0 Å². The zero-order chi connectivity index (χ0) is 12.5. The lowest BCUT2D eigenvalue weighted by Crippen LogP contribution is -2.47. The molecular weight excluding hydrogens is 210 g/mol. The molecule has 17 heavy (non-hydrogen) atoms. The van der Waals surface area contributed by atoms with Crippen LogP contribution in [0.15, 0.2) is 18.2 Å². The molecule has 2 nitrogen and oxygen atoms in total. The summed E-state index contributed by atoms with van der Waals surface area (Å²) >= 11 is 0. The van der Waals surface area contributed by atoms with Crippen molar-refractivity contribution in [2.24, 2.45) is 0 Å². The van der Waals surface area contributed by atoms with Crippen LogP contribution in [0.2, 0.25) is 0 Å². The van der Waals surface area contributed by atoms with Crippen molar-refractivity contribution >= 4 is 0 Å². The van der Waals surface area contributed by atoms with E-state index in [-0.39, 0.29) is 11.5 Å². The van der Waals surface area contributed by atoms with Crippen LogP contribution < -0.4 is 5.32 Å². The lowest BCUT2D eigenvalue weighted by Gasteiger charge is -2.41. The second-order valence-electron chi connectivity index (χ2n) is 5.40. The molecule has 1 aliphatic heterocycles. The van der Waals surface area contributed by atoms with Crippen molar-refractivity contribution < 1.29 is 5.11 Å². The summed E-state index contributed by atoms with van der Waals surface area (Å²) in [6.45, 7) is 8.21. The van der Waals surface area contributed by atoms with Gasteiger partial charge >= 0.3 is 0 Å². The molecule has 0 bridgehead atoms. The average Bonchev–Trinajstić information content (AvgIpc) is 2.33. The van der Waals surface area contributed by atoms with Crippen LogP contribution in [0.1, 0.15) is 36.5 Å². The molecule has 0 aliphatic carbocycles. The van der Waals surface area contributed by atoms with E-state index in [0.717, 1.165) is 25.9 Å². The molecule has 1 unspecified atom stereocenters. The molecule has 0 amide bonds. The maximum absolute atomic E-state index is 10.3. The highest BCUT2D eigenvalue weighted by Crippen LogP contribution is 2.38. The molecule has 1 heterocycles. The third-order valence-electron chi connectivity index (χ3n) is 4.22. The Morgan fingerprint density at radius 1 is 1.24 bits per heavy atom. The van der Waals surface area contributed by atoms with Gasteiger partial charge in [-0.2, -0.15) is 0 Å². The lowest BCUT2D eigenvalue weighted by atomic mass is 9.68. The smallest absolute Gasteiger partial charge is 0.0609 e. The predicted octanol–water partition coefficient (Wildman–Crippen LogP) is 2.31. The number of hydrogen-bond donors (Lipinski definition) is 2. The highest BCUT2D eigenvalue weighted by molar-refractivity contribution is 5.38. The van der Waals surface area contributed by atoms with Gasteiger partial charge in [0.1, 0.15) is 0 Å². The Morgan fingerprint density at radius 2 is 1.88 bits per heavy atom. The predicted molar refractivity (Wildman–Crippen MR) is 71.4 cm³/mol. The van der Waals surface area contributed by atoms with E-state index in [1.165, 1.54) is 16.7 Å². The SMILES string of the molecule is Cc1ccc(C)c(C2(C(C)O)CCNCC2)c1. The van der Waals surface area contributed by atoms with E-state index >= 15 is 0 Å². The minimum Gasteiger partial charge on any atom is -0.392 e. The molecular formula is C15H23NO. The van der Waals surface area contributed by atoms with Gasteiger partial charge in [-0.1, -0.05) is 23.8 Å². The van der Waals surface area contributed by atoms with Crippen LogP contribution in [0.25, 0.3) is 0 Å². The Balaban J connectivity index is 2.48. The van der Waals surface area contributed by atoms with E-state index in [2.05, 4.69) is 37.4 Å². The Bertz CT molecular complexity index is 392. The molecule has 2 N–H and O–H groups in total. The molecule has 0 saturated carbocycles. The Hall–Kier alpha value is -0.860. The second-order valence-corrected chi connectivity index (χ2v) is 5.40. The van der Waals surface area contributed by atoms with E-state index < -0.39 is 0 Å². The van der Waals surface area contributed by atoms with Gasteiger partial charge in [-0.25, -0.2) is 0 Å². The van der Waals surface area contributed by atoms with Gasteiger partial charge in [0, 0.05) is 5.41 Å². The Morgan fingerprint density at radius 3 is 2.47 bits per heavy atom. The molecule has 2 heteroatoms. The summed E-state index contributed by atoms with van der Waals surface area (Å²) in [4.78, 5) is 0. The summed E-state index contributed by atoms with van der Waals surface area (Å²) in [6.07, 6.45) is 1.76. The van der Waals surface area contributed by atoms with E-state index in [1.54, 1.807) is 0 Å². The van der Waals surface area contributed by atoms with Crippen molar-refractivity contribution in [2.45, 2.75) is 45.1 Å². The van der Waals surface area contributed by atoms with Gasteiger partial charge in [0.05, 0.1) is 6.10 Å². The molecule has 1 aliphatic rings. The highest BCUT2D eigenvalue weighted by atomic mass is 16.3. The van der Waals surface area contributed by atoms with Crippen LogP contribution in [0.4, 0.5) is 0 Å². The number of nitrogens with one attached hydrogen (secondary N) is 1. The molecule has 0 aromatic heterocycles. The zero-order valence-corrected chi connectivity index (χ0v) is 11.1. The Labute approximate surface area is 104 Å². The van der Waals surface area contributed by atoms with Gasteiger partial charge < -0.3 is 10.4 Å². The van der Waals surface area contributed by atoms with Crippen LogP contribution in [0.5, 0.6) is 0 Å². The number of benzene rings is 1. The number of aliphatic hydroxyl groups excluding tert-OH is 1. The fourth-order valence-electron chi connectivity index (χ4n) is 3.06. The lowest BCUT2D eigenvalue weighted by molar-refractivity contribution is 0.0728. The molecule has 1 saturated heterocycles. The van der Waals surface area contributed by atoms with Crippen molar-refractivity contribution in [2.75, 3.05) is 13.1 Å². The van der Waals surface area contributed by atoms with Crippen LogP contribution in [-0.4, -0.2) is 24.3 Å². The van der Waals surface area contributed by atoms with Crippen molar-refractivity contribution in [1.82, 2.24) is 5.32 Å². The van der Waals surface area contributed by atoms with E-state index in [4.69, 9.17) is 0 Å². The number of aryl methyl sites for hydroxylation is 2. The minimum atomic E-state index is -0.287. The topological polar surface area (TPSA) is 32.3 Å². The average molecular weight is 233 g/mol. The maximum atomic E-state index is 10.3. The quantitative estimate of drug-likeness (QED) is 0.821.